The normalized spacial score (nSPS) is 19.4. The molecule has 0 saturated carbocycles. The topological polar surface area (TPSA) is 18.5 Å². The van der Waals surface area contributed by atoms with Crippen molar-refractivity contribution in [2.45, 2.75) is 31.1 Å². The Hall–Kier alpha value is -0.960. The lowest BCUT2D eigenvalue weighted by molar-refractivity contribution is 0.347. The Morgan fingerprint density at radius 3 is 2.71 bits per heavy atom. The van der Waals surface area contributed by atoms with Crippen molar-refractivity contribution in [3.63, 3.8) is 0 Å². The van der Waals surface area contributed by atoms with Gasteiger partial charge in [-0.1, -0.05) is 6.42 Å². The molecule has 0 heterocycles. The lowest BCUT2D eigenvalue weighted by Gasteiger charge is -2.18. The van der Waals surface area contributed by atoms with Crippen molar-refractivity contribution in [1.29, 1.82) is 0 Å². The molecule has 1 aliphatic rings. The van der Waals surface area contributed by atoms with Crippen LogP contribution in [0.4, 0.5) is 4.39 Å². The van der Waals surface area contributed by atoms with Gasteiger partial charge in [0.1, 0.15) is 5.82 Å². The number of halogens is 2. The maximum absolute atomic E-state index is 14.0. The van der Waals surface area contributed by atoms with Gasteiger partial charge >= 0.3 is 0 Å². The second-order valence-electron chi connectivity index (χ2n) is 4.20. The Balaban J connectivity index is 2.64. The molecule has 1 aromatic rings. The molecular weight excluding hydrogens is 243 g/mol. The second kappa shape index (κ2) is 5.13. The average Bonchev–Trinajstić information content (AvgIpc) is 2.52. The summed E-state index contributed by atoms with van der Waals surface area (Å²) >= 11 is 6.33. The van der Waals surface area contributed by atoms with Crippen molar-refractivity contribution in [3.05, 3.63) is 23.0 Å². The first-order valence-electron chi connectivity index (χ1n) is 5.76. The summed E-state index contributed by atoms with van der Waals surface area (Å²) in [5.41, 5.74) is 1.45. The fraction of sp³-hybridized carbons (Fsp3) is 0.538. The molecule has 1 unspecified atom stereocenters. The minimum absolute atomic E-state index is 0.202. The van der Waals surface area contributed by atoms with Gasteiger partial charge in [-0.05, 0) is 24.8 Å². The Morgan fingerprint density at radius 2 is 2.06 bits per heavy atom. The lowest BCUT2D eigenvalue weighted by atomic mass is 10.00. The van der Waals surface area contributed by atoms with Gasteiger partial charge < -0.3 is 9.47 Å². The Labute approximate surface area is 106 Å². The third-order valence-corrected chi connectivity index (χ3v) is 3.65. The van der Waals surface area contributed by atoms with Gasteiger partial charge in [0.25, 0.3) is 0 Å². The zero-order chi connectivity index (χ0) is 12.4. The van der Waals surface area contributed by atoms with Crippen LogP contribution in [0.15, 0.2) is 6.07 Å². The summed E-state index contributed by atoms with van der Waals surface area (Å²) in [6.07, 6.45) is 3.53. The Kier molecular flexibility index (Phi) is 3.77. The van der Waals surface area contributed by atoms with Crippen LogP contribution < -0.4 is 9.47 Å². The van der Waals surface area contributed by atoms with Crippen LogP contribution in [0.2, 0.25) is 0 Å². The molecule has 0 aromatic heterocycles. The number of ether oxygens (including phenoxy) is 2. The number of methoxy groups -OCH3 is 2. The third kappa shape index (κ3) is 2.21. The fourth-order valence-corrected chi connectivity index (χ4v) is 2.77. The third-order valence-electron chi connectivity index (χ3n) is 3.21. The Bertz CT molecular complexity index is 420. The highest BCUT2D eigenvalue weighted by molar-refractivity contribution is 6.21. The monoisotopic (exact) mass is 258 g/mol. The smallest absolute Gasteiger partial charge is 0.165 e. The summed E-state index contributed by atoms with van der Waals surface area (Å²) in [4.78, 5) is 0. The van der Waals surface area contributed by atoms with E-state index in [1.54, 1.807) is 7.11 Å². The molecule has 94 valence electrons. The van der Waals surface area contributed by atoms with Crippen molar-refractivity contribution in [1.82, 2.24) is 0 Å². The van der Waals surface area contributed by atoms with Crippen LogP contribution in [0, 0.1) is 5.82 Å². The maximum atomic E-state index is 14.0. The fourth-order valence-electron chi connectivity index (χ4n) is 2.38. The molecule has 4 heteroatoms. The molecule has 0 saturated heterocycles. The van der Waals surface area contributed by atoms with E-state index < -0.39 is 0 Å². The quantitative estimate of drug-likeness (QED) is 0.593. The summed E-state index contributed by atoms with van der Waals surface area (Å²) in [7, 11) is 3.06. The first kappa shape index (κ1) is 12.5. The first-order chi connectivity index (χ1) is 8.19. The standard InChI is InChI=1S/C13H16ClFO2/c1-16-11-7-10(15)8-5-3-4-6-9(14)12(8)13(11)17-2/h7,9H,3-6H2,1-2H3. The summed E-state index contributed by atoms with van der Waals surface area (Å²) in [5.74, 6) is 0.743. The minimum atomic E-state index is -0.245. The van der Waals surface area contributed by atoms with Gasteiger partial charge in [0, 0.05) is 11.6 Å². The van der Waals surface area contributed by atoms with Crippen molar-refractivity contribution in [2.24, 2.45) is 0 Å². The molecule has 1 aromatic carbocycles. The molecular formula is C13H16ClFO2. The predicted octanol–water partition coefficient (Wildman–Crippen LogP) is 3.85. The molecule has 0 bridgehead atoms. The summed E-state index contributed by atoms with van der Waals surface area (Å²) in [6, 6.07) is 1.38. The van der Waals surface area contributed by atoms with Crippen molar-refractivity contribution in [3.8, 4) is 11.5 Å². The molecule has 0 amide bonds. The van der Waals surface area contributed by atoms with Crippen LogP contribution in [0.1, 0.15) is 35.8 Å². The molecule has 0 spiro atoms. The van der Waals surface area contributed by atoms with E-state index in [1.807, 2.05) is 0 Å². The maximum Gasteiger partial charge on any atom is 0.165 e. The van der Waals surface area contributed by atoms with Gasteiger partial charge in [-0.2, -0.15) is 0 Å². The minimum Gasteiger partial charge on any atom is -0.493 e. The predicted molar refractivity (Wildman–Crippen MR) is 65.7 cm³/mol. The largest absolute Gasteiger partial charge is 0.493 e. The number of alkyl halides is 1. The van der Waals surface area contributed by atoms with Crippen LogP contribution in [0.5, 0.6) is 11.5 Å². The van der Waals surface area contributed by atoms with Gasteiger partial charge in [0.05, 0.1) is 19.6 Å². The van der Waals surface area contributed by atoms with Gasteiger partial charge in [-0.3, -0.25) is 0 Å². The molecule has 0 aliphatic heterocycles. The molecule has 0 radical (unpaired) electrons. The molecule has 17 heavy (non-hydrogen) atoms. The lowest BCUT2D eigenvalue weighted by Crippen LogP contribution is -2.04. The van der Waals surface area contributed by atoms with Gasteiger partial charge in [-0.15, -0.1) is 11.6 Å². The van der Waals surface area contributed by atoms with Crippen LogP contribution in [0.25, 0.3) is 0 Å². The van der Waals surface area contributed by atoms with Crippen LogP contribution >= 0.6 is 11.6 Å². The van der Waals surface area contributed by atoms with E-state index in [0.29, 0.717) is 23.5 Å². The van der Waals surface area contributed by atoms with Crippen LogP contribution in [0.3, 0.4) is 0 Å². The van der Waals surface area contributed by atoms with Crippen molar-refractivity contribution >= 4 is 11.6 Å². The summed E-state index contributed by atoms with van der Waals surface area (Å²) in [5, 5.41) is -0.202. The van der Waals surface area contributed by atoms with E-state index in [0.717, 1.165) is 24.8 Å². The second-order valence-corrected chi connectivity index (χ2v) is 4.73. The molecule has 0 N–H and O–H groups in total. The number of benzene rings is 1. The van der Waals surface area contributed by atoms with E-state index in [2.05, 4.69) is 0 Å². The van der Waals surface area contributed by atoms with Gasteiger partial charge in [-0.25, -0.2) is 4.39 Å². The van der Waals surface area contributed by atoms with Gasteiger partial charge in [0.2, 0.25) is 0 Å². The summed E-state index contributed by atoms with van der Waals surface area (Å²) < 4.78 is 24.5. The van der Waals surface area contributed by atoms with E-state index in [9.17, 15) is 4.39 Å². The molecule has 2 nitrogen and oxygen atoms in total. The van der Waals surface area contributed by atoms with E-state index in [-0.39, 0.29) is 11.2 Å². The molecule has 0 fully saturated rings. The highest BCUT2D eigenvalue weighted by atomic mass is 35.5. The van der Waals surface area contributed by atoms with Crippen molar-refractivity contribution in [2.75, 3.05) is 14.2 Å². The summed E-state index contributed by atoms with van der Waals surface area (Å²) in [6.45, 7) is 0. The van der Waals surface area contributed by atoms with E-state index >= 15 is 0 Å². The van der Waals surface area contributed by atoms with E-state index in [1.165, 1.54) is 13.2 Å². The molecule has 1 aliphatic carbocycles. The molecule has 2 rings (SSSR count). The van der Waals surface area contributed by atoms with Crippen LogP contribution in [-0.2, 0) is 6.42 Å². The zero-order valence-electron chi connectivity index (χ0n) is 10.1. The van der Waals surface area contributed by atoms with Crippen molar-refractivity contribution < 1.29 is 13.9 Å². The zero-order valence-corrected chi connectivity index (χ0v) is 10.8. The highest BCUT2D eigenvalue weighted by Crippen LogP contribution is 2.45. The van der Waals surface area contributed by atoms with E-state index in [4.69, 9.17) is 21.1 Å². The number of fused-ring (bicyclic) bond motifs is 1. The average molecular weight is 259 g/mol. The van der Waals surface area contributed by atoms with Crippen LogP contribution in [-0.4, -0.2) is 14.2 Å². The first-order valence-corrected chi connectivity index (χ1v) is 6.20. The number of hydrogen-bond acceptors (Lipinski definition) is 2. The highest BCUT2D eigenvalue weighted by Gasteiger charge is 2.26. The SMILES string of the molecule is COc1cc(F)c2c(c1OC)C(Cl)CCCC2. The Morgan fingerprint density at radius 1 is 1.29 bits per heavy atom. The number of hydrogen-bond donors (Lipinski definition) is 0. The van der Waals surface area contributed by atoms with Gasteiger partial charge in [0.15, 0.2) is 11.5 Å². The molecule has 1 atom stereocenters. The number of rotatable bonds is 2.